The summed E-state index contributed by atoms with van der Waals surface area (Å²) in [5, 5.41) is 3.97. The molecule has 0 saturated heterocycles. The van der Waals surface area contributed by atoms with Crippen LogP contribution in [-0.2, 0) is 0 Å². The first-order chi connectivity index (χ1) is 8.08. The second-order valence-electron chi connectivity index (χ2n) is 2.97. The molecule has 0 unspecified atom stereocenters. The average molecular weight is 318 g/mol. The second kappa shape index (κ2) is 6.41. The van der Waals surface area contributed by atoms with E-state index in [1.165, 1.54) is 0 Å². The van der Waals surface area contributed by atoms with Gasteiger partial charge in [-0.2, -0.15) is 5.10 Å². The molecule has 1 aromatic rings. The Morgan fingerprint density at radius 2 is 2.18 bits per heavy atom. The molecule has 0 bridgehead atoms. The molecule has 0 amide bonds. The maximum atomic E-state index is 5.24. The number of methoxy groups -OCH3 is 2. The van der Waals surface area contributed by atoms with Gasteiger partial charge in [-0.1, -0.05) is 0 Å². The van der Waals surface area contributed by atoms with Crippen LogP contribution in [-0.4, -0.2) is 25.5 Å². The Balaban J connectivity index is 2.99. The zero-order valence-electron chi connectivity index (χ0n) is 9.36. The van der Waals surface area contributed by atoms with Crippen molar-refractivity contribution >= 4 is 39.5 Å². The summed E-state index contributed by atoms with van der Waals surface area (Å²) in [7, 11) is 3.14. The smallest absolute Gasteiger partial charge is 0.184 e. The lowest BCUT2D eigenvalue weighted by Crippen LogP contribution is -2.23. The molecule has 0 saturated carbocycles. The molecule has 5 nitrogen and oxygen atoms in total. The lowest BCUT2D eigenvalue weighted by molar-refractivity contribution is 0.353. The molecule has 0 spiro atoms. The fourth-order valence-corrected chi connectivity index (χ4v) is 1.86. The first kappa shape index (κ1) is 13.7. The summed E-state index contributed by atoms with van der Waals surface area (Å²) in [5.74, 6) is 1.24. The Hall–Kier alpha value is -1.34. The second-order valence-corrected chi connectivity index (χ2v) is 4.27. The summed E-state index contributed by atoms with van der Waals surface area (Å²) >= 11 is 8.01. The van der Waals surface area contributed by atoms with Crippen LogP contribution in [0.1, 0.15) is 5.56 Å². The van der Waals surface area contributed by atoms with E-state index in [-0.39, 0.29) is 5.11 Å². The monoisotopic (exact) mass is 317 g/mol. The molecule has 17 heavy (non-hydrogen) atoms. The molecular formula is C10H12BrN3O2S. The summed E-state index contributed by atoms with van der Waals surface area (Å²) in [6.07, 6.45) is 1.58. The molecule has 7 heteroatoms. The molecular weight excluding hydrogens is 306 g/mol. The number of rotatable bonds is 4. The summed E-state index contributed by atoms with van der Waals surface area (Å²) < 4.78 is 11.2. The maximum absolute atomic E-state index is 5.24. The first-order valence-electron chi connectivity index (χ1n) is 4.58. The van der Waals surface area contributed by atoms with E-state index >= 15 is 0 Å². The van der Waals surface area contributed by atoms with Gasteiger partial charge in [0.25, 0.3) is 0 Å². The van der Waals surface area contributed by atoms with Crippen LogP contribution in [0.3, 0.4) is 0 Å². The van der Waals surface area contributed by atoms with Crippen LogP contribution in [0.2, 0.25) is 0 Å². The number of hydrazone groups is 1. The molecule has 0 aliphatic heterocycles. The van der Waals surface area contributed by atoms with E-state index in [0.717, 1.165) is 10.0 Å². The van der Waals surface area contributed by atoms with Crippen molar-refractivity contribution < 1.29 is 9.47 Å². The molecule has 3 N–H and O–H groups in total. The van der Waals surface area contributed by atoms with Gasteiger partial charge in [-0.15, -0.1) is 0 Å². The Kier molecular flexibility index (Phi) is 5.17. The van der Waals surface area contributed by atoms with Crippen LogP contribution in [0.15, 0.2) is 21.7 Å². The summed E-state index contributed by atoms with van der Waals surface area (Å²) in [4.78, 5) is 0. The molecule has 92 valence electrons. The third-order valence-corrected chi connectivity index (χ3v) is 2.52. The molecule has 0 heterocycles. The summed E-state index contributed by atoms with van der Waals surface area (Å²) in [6, 6.07) is 3.63. The van der Waals surface area contributed by atoms with E-state index in [2.05, 4.69) is 38.7 Å². The SMILES string of the molecule is COc1cc(C=NNC(N)=S)cc(Br)c1OC. The highest BCUT2D eigenvalue weighted by Crippen LogP contribution is 2.35. The third-order valence-electron chi connectivity index (χ3n) is 1.84. The molecule has 0 atom stereocenters. The largest absolute Gasteiger partial charge is 0.493 e. The van der Waals surface area contributed by atoms with Gasteiger partial charge < -0.3 is 15.2 Å². The number of hydrogen-bond donors (Lipinski definition) is 2. The standard InChI is InChI=1S/C10H12BrN3O2S/c1-15-8-4-6(5-13-14-10(12)17)3-7(11)9(8)16-2/h3-5H,1-2H3,(H3,12,14,17). The van der Waals surface area contributed by atoms with Crippen molar-refractivity contribution in [1.29, 1.82) is 0 Å². The molecule has 0 radical (unpaired) electrons. The Bertz CT molecular complexity index is 451. The van der Waals surface area contributed by atoms with Gasteiger partial charge in [-0.3, -0.25) is 5.43 Å². The highest BCUT2D eigenvalue weighted by atomic mass is 79.9. The number of hydrogen-bond acceptors (Lipinski definition) is 4. The molecule has 0 aliphatic rings. The van der Waals surface area contributed by atoms with E-state index in [1.807, 2.05) is 6.07 Å². The fourth-order valence-electron chi connectivity index (χ4n) is 1.18. The Morgan fingerprint density at radius 1 is 1.47 bits per heavy atom. The topological polar surface area (TPSA) is 68.9 Å². The van der Waals surface area contributed by atoms with Gasteiger partial charge in [0.05, 0.1) is 24.9 Å². The van der Waals surface area contributed by atoms with Gasteiger partial charge in [-0.25, -0.2) is 0 Å². The molecule has 0 fully saturated rings. The average Bonchev–Trinajstić information content (AvgIpc) is 2.27. The van der Waals surface area contributed by atoms with Crippen LogP contribution >= 0.6 is 28.1 Å². The van der Waals surface area contributed by atoms with Gasteiger partial charge in [0, 0.05) is 0 Å². The van der Waals surface area contributed by atoms with Crippen molar-refractivity contribution in [3.8, 4) is 11.5 Å². The summed E-state index contributed by atoms with van der Waals surface area (Å²) in [5.41, 5.74) is 8.53. The van der Waals surface area contributed by atoms with Crippen molar-refractivity contribution in [1.82, 2.24) is 5.43 Å². The van der Waals surface area contributed by atoms with Gasteiger partial charge in [0.15, 0.2) is 16.6 Å². The maximum Gasteiger partial charge on any atom is 0.184 e. The van der Waals surface area contributed by atoms with Crippen molar-refractivity contribution in [3.63, 3.8) is 0 Å². The Morgan fingerprint density at radius 3 is 2.71 bits per heavy atom. The predicted octanol–water partition coefficient (Wildman–Crippen LogP) is 1.63. The van der Waals surface area contributed by atoms with Crippen LogP contribution in [0.4, 0.5) is 0 Å². The van der Waals surface area contributed by atoms with E-state index in [0.29, 0.717) is 11.5 Å². The fraction of sp³-hybridized carbons (Fsp3) is 0.200. The van der Waals surface area contributed by atoms with Crippen molar-refractivity contribution in [2.45, 2.75) is 0 Å². The highest BCUT2D eigenvalue weighted by molar-refractivity contribution is 9.10. The quantitative estimate of drug-likeness (QED) is 0.502. The summed E-state index contributed by atoms with van der Waals surface area (Å²) in [6.45, 7) is 0. The van der Waals surface area contributed by atoms with Crippen LogP contribution in [0, 0.1) is 0 Å². The normalized spacial score (nSPS) is 10.3. The van der Waals surface area contributed by atoms with Gasteiger partial charge in [-0.05, 0) is 45.8 Å². The van der Waals surface area contributed by atoms with Crippen LogP contribution in [0.25, 0.3) is 0 Å². The zero-order chi connectivity index (χ0) is 12.8. The van der Waals surface area contributed by atoms with E-state index in [9.17, 15) is 0 Å². The minimum absolute atomic E-state index is 0.112. The number of nitrogens with two attached hydrogens (primary N) is 1. The minimum Gasteiger partial charge on any atom is -0.493 e. The number of benzene rings is 1. The predicted molar refractivity (Wildman–Crippen MR) is 74.8 cm³/mol. The third kappa shape index (κ3) is 3.86. The van der Waals surface area contributed by atoms with Crippen molar-refractivity contribution in [2.75, 3.05) is 14.2 Å². The number of nitrogens with one attached hydrogen (secondary N) is 1. The van der Waals surface area contributed by atoms with Crippen LogP contribution < -0.4 is 20.6 Å². The zero-order valence-corrected chi connectivity index (χ0v) is 11.8. The molecule has 1 rings (SSSR count). The van der Waals surface area contributed by atoms with Gasteiger partial charge >= 0.3 is 0 Å². The molecule has 1 aromatic carbocycles. The van der Waals surface area contributed by atoms with Crippen LogP contribution in [0.5, 0.6) is 11.5 Å². The van der Waals surface area contributed by atoms with E-state index in [1.54, 1.807) is 26.5 Å². The lowest BCUT2D eigenvalue weighted by atomic mass is 10.2. The van der Waals surface area contributed by atoms with E-state index < -0.39 is 0 Å². The van der Waals surface area contributed by atoms with Crippen molar-refractivity contribution in [2.24, 2.45) is 10.8 Å². The molecule has 0 aromatic heterocycles. The van der Waals surface area contributed by atoms with E-state index in [4.69, 9.17) is 15.2 Å². The number of thiocarbonyl (C=S) groups is 1. The number of ether oxygens (including phenoxy) is 2. The first-order valence-corrected chi connectivity index (χ1v) is 5.78. The minimum atomic E-state index is 0.112. The number of nitrogens with zero attached hydrogens (tertiary/aromatic N) is 1. The lowest BCUT2D eigenvalue weighted by Gasteiger charge is -2.10. The number of halogens is 1. The van der Waals surface area contributed by atoms with Gasteiger partial charge in [0.2, 0.25) is 0 Å². The molecule has 0 aliphatic carbocycles. The van der Waals surface area contributed by atoms with Crippen molar-refractivity contribution in [3.05, 3.63) is 22.2 Å². The van der Waals surface area contributed by atoms with Gasteiger partial charge in [0.1, 0.15) is 0 Å². The highest BCUT2D eigenvalue weighted by Gasteiger charge is 2.09. The Labute approximate surface area is 113 Å².